The number of carbonyl (C=O) groups is 1. The number of nitrogens with two attached hydrogens (primary N) is 1. The molecule has 3 N–H and O–H groups in total. The molecule has 0 saturated heterocycles. The largest absolute Gasteiger partial charge is 0.506 e. The molecule has 124 valence electrons. The third-order valence-electron chi connectivity index (χ3n) is 3.46. The van der Waals surface area contributed by atoms with Crippen molar-refractivity contribution >= 4 is 26.8 Å². The summed E-state index contributed by atoms with van der Waals surface area (Å²) >= 11 is 0. The highest BCUT2D eigenvalue weighted by Gasteiger charge is 2.21. The first-order valence-corrected chi connectivity index (χ1v) is 8.87. The van der Waals surface area contributed by atoms with Crippen LogP contribution < -0.4 is 9.88 Å². The smallest absolute Gasteiger partial charge is 0.311 e. The van der Waals surface area contributed by atoms with E-state index >= 15 is 0 Å². The van der Waals surface area contributed by atoms with Crippen molar-refractivity contribution in [3.63, 3.8) is 0 Å². The number of aromatic hydroxyl groups is 1. The standard InChI is InChI=1S/C16H19NO5S/c1-2-3-4-9-15(18)22-13-10-14(23(17,20)21)16(19)12-8-6-5-7-11(12)13/h5-8,10,19H,2-4,9H2,1H3,(H2,17,20,21). The number of phenols is 1. The summed E-state index contributed by atoms with van der Waals surface area (Å²) in [4.78, 5) is 11.4. The Labute approximate surface area is 134 Å². The van der Waals surface area contributed by atoms with Crippen LogP contribution in [-0.4, -0.2) is 19.5 Å². The second kappa shape index (κ2) is 6.97. The summed E-state index contributed by atoms with van der Waals surface area (Å²) in [6.45, 7) is 2.02. The minimum Gasteiger partial charge on any atom is -0.506 e. The Balaban J connectivity index is 2.46. The van der Waals surface area contributed by atoms with Crippen LogP contribution in [0.5, 0.6) is 11.5 Å². The molecule has 0 aliphatic carbocycles. The Morgan fingerprint density at radius 3 is 2.48 bits per heavy atom. The van der Waals surface area contributed by atoms with Gasteiger partial charge in [-0.1, -0.05) is 44.0 Å². The van der Waals surface area contributed by atoms with Crippen LogP contribution in [0.25, 0.3) is 10.8 Å². The number of primary sulfonamides is 1. The molecule has 6 nitrogen and oxygen atoms in total. The minimum atomic E-state index is -4.15. The first-order valence-electron chi connectivity index (χ1n) is 7.32. The van der Waals surface area contributed by atoms with Gasteiger partial charge in [0.15, 0.2) is 0 Å². The topological polar surface area (TPSA) is 107 Å². The predicted molar refractivity (Wildman–Crippen MR) is 86.8 cm³/mol. The van der Waals surface area contributed by atoms with Crippen molar-refractivity contribution in [2.75, 3.05) is 0 Å². The van der Waals surface area contributed by atoms with E-state index in [0.29, 0.717) is 11.8 Å². The second-order valence-electron chi connectivity index (χ2n) is 5.24. The van der Waals surface area contributed by atoms with Gasteiger partial charge in [0.2, 0.25) is 10.0 Å². The molecule has 23 heavy (non-hydrogen) atoms. The van der Waals surface area contributed by atoms with Gasteiger partial charge >= 0.3 is 5.97 Å². The highest BCUT2D eigenvalue weighted by Crippen LogP contribution is 2.37. The van der Waals surface area contributed by atoms with E-state index in [4.69, 9.17) is 9.88 Å². The van der Waals surface area contributed by atoms with Crippen LogP contribution in [0.3, 0.4) is 0 Å². The lowest BCUT2D eigenvalue weighted by Gasteiger charge is -2.12. The zero-order valence-electron chi connectivity index (χ0n) is 12.8. The van der Waals surface area contributed by atoms with Gasteiger partial charge in [0.05, 0.1) is 0 Å². The van der Waals surface area contributed by atoms with E-state index in [1.54, 1.807) is 18.2 Å². The number of hydrogen-bond donors (Lipinski definition) is 2. The molecule has 0 spiro atoms. The highest BCUT2D eigenvalue weighted by atomic mass is 32.2. The van der Waals surface area contributed by atoms with Gasteiger partial charge in [-0.15, -0.1) is 0 Å². The van der Waals surface area contributed by atoms with Gasteiger partial charge in [0, 0.05) is 23.3 Å². The molecule has 0 amide bonds. The molecule has 0 atom stereocenters. The van der Waals surface area contributed by atoms with Crippen molar-refractivity contribution in [1.82, 2.24) is 0 Å². The van der Waals surface area contributed by atoms with E-state index in [1.165, 1.54) is 6.07 Å². The zero-order chi connectivity index (χ0) is 17.0. The summed E-state index contributed by atoms with van der Waals surface area (Å²) in [7, 11) is -4.15. The van der Waals surface area contributed by atoms with Crippen molar-refractivity contribution in [1.29, 1.82) is 0 Å². The summed E-state index contributed by atoms with van der Waals surface area (Å²) in [6.07, 6.45) is 2.83. The van der Waals surface area contributed by atoms with Gasteiger partial charge in [-0.05, 0) is 6.42 Å². The second-order valence-corrected chi connectivity index (χ2v) is 6.77. The maximum Gasteiger partial charge on any atom is 0.311 e. The van der Waals surface area contributed by atoms with Crippen LogP contribution in [0, 0.1) is 0 Å². The van der Waals surface area contributed by atoms with E-state index in [1.807, 2.05) is 6.92 Å². The Morgan fingerprint density at radius 2 is 1.87 bits per heavy atom. The fourth-order valence-corrected chi connectivity index (χ4v) is 2.95. The highest BCUT2D eigenvalue weighted by molar-refractivity contribution is 7.89. The molecule has 0 heterocycles. The van der Waals surface area contributed by atoms with Gasteiger partial charge in [0.1, 0.15) is 16.4 Å². The number of fused-ring (bicyclic) bond motifs is 1. The summed E-state index contributed by atoms with van der Waals surface area (Å²) in [5.74, 6) is -0.826. The number of unbranched alkanes of at least 4 members (excludes halogenated alkanes) is 2. The van der Waals surface area contributed by atoms with Crippen LogP contribution in [0.2, 0.25) is 0 Å². The molecule has 0 aliphatic heterocycles. The third kappa shape index (κ3) is 4.00. The normalized spacial score (nSPS) is 11.6. The molecule has 0 radical (unpaired) electrons. The molecular formula is C16H19NO5S. The molecule has 2 aromatic carbocycles. The maximum absolute atomic E-state index is 11.9. The fraction of sp³-hybridized carbons (Fsp3) is 0.312. The van der Waals surface area contributed by atoms with E-state index < -0.39 is 26.6 Å². The van der Waals surface area contributed by atoms with E-state index in [2.05, 4.69) is 0 Å². The van der Waals surface area contributed by atoms with Crippen LogP contribution in [0.4, 0.5) is 0 Å². The van der Waals surface area contributed by atoms with Crippen molar-refractivity contribution in [2.24, 2.45) is 5.14 Å². The minimum absolute atomic E-state index is 0.0731. The zero-order valence-corrected chi connectivity index (χ0v) is 13.6. The summed E-state index contributed by atoms with van der Waals surface area (Å²) in [6, 6.07) is 7.60. The lowest BCUT2D eigenvalue weighted by atomic mass is 10.1. The average Bonchev–Trinajstić information content (AvgIpc) is 2.49. The number of phenolic OH excluding ortho intramolecular Hbond substituents is 1. The average molecular weight is 337 g/mol. The number of ether oxygens (including phenoxy) is 1. The number of sulfonamides is 1. The number of carbonyl (C=O) groups excluding carboxylic acids is 1. The van der Waals surface area contributed by atoms with Crippen LogP contribution in [0.1, 0.15) is 32.6 Å². The lowest BCUT2D eigenvalue weighted by Crippen LogP contribution is -2.14. The quantitative estimate of drug-likeness (QED) is 0.479. The number of rotatable bonds is 6. The van der Waals surface area contributed by atoms with Crippen LogP contribution in [0.15, 0.2) is 35.2 Å². The number of esters is 1. The third-order valence-corrected chi connectivity index (χ3v) is 4.38. The van der Waals surface area contributed by atoms with Gasteiger partial charge in [-0.25, -0.2) is 13.6 Å². The molecule has 0 unspecified atom stereocenters. The van der Waals surface area contributed by atoms with Gasteiger partial charge in [-0.2, -0.15) is 0 Å². The van der Waals surface area contributed by atoms with Crippen molar-refractivity contribution < 1.29 is 23.1 Å². The molecule has 0 bridgehead atoms. The Kier molecular flexibility index (Phi) is 5.23. The Bertz CT molecular complexity index is 830. The molecule has 7 heteroatoms. The van der Waals surface area contributed by atoms with Crippen molar-refractivity contribution in [2.45, 2.75) is 37.5 Å². The molecule has 0 fully saturated rings. The molecular weight excluding hydrogens is 318 g/mol. The molecule has 0 saturated carbocycles. The Hall–Kier alpha value is -2.12. The van der Waals surface area contributed by atoms with Gasteiger partial charge in [0.25, 0.3) is 0 Å². The van der Waals surface area contributed by atoms with Crippen LogP contribution in [-0.2, 0) is 14.8 Å². The molecule has 0 aliphatic rings. The van der Waals surface area contributed by atoms with Crippen molar-refractivity contribution in [3.8, 4) is 11.5 Å². The fourth-order valence-electron chi connectivity index (χ4n) is 2.30. The summed E-state index contributed by atoms with van der Waals surface area (Å²) < 4.78 is 28.5. The maximum atomic E-state index is 11.9. The van der Waals surface area contributed by atoms with Gasteiger partial charge < -0.3 is 9.84 Å². The first-order chi connectivity index (χ1) is 10.8. The predicted octanol–water partition coefficient (Wildman–Crippen LogP) is 2.68. The van der Waals surface area contributed by atoms with E-state index in [9.17, 15) is 18.3 Å². The van der Waals surface area contributed by atoms with E-state index in [0.717, 1.165) is 18.9 Å². The molecule has 2 rings (SSSR count). The van der Waals surface area contributed by atoms with E-state index in [-0.39, 0.29) is 17.6 Å². The monoisotopic (exact) mass is 337 g/mol. The first kappa shape index (κ1) is 17.2. The summed E-state index contributed by atoms with van der Waals surface area (Å²) in [5, 5.41) is 15.9. The van der Waals surface area contributed by atoms with Crippen molar-refractivity contribution in [3.05, 3.63) is 30.3 Å². The Morgan fingerprint density at radius 1 is 1.22 bits per heavy atom. The van der Waals surface area contributed by atoms with Gasteiger partial charge in [-0.3, -0.25) is 4.79 Å². The number of benzene rings is 2. The lowest BCUT2D eigenvalue weighted by molar-refractivity contribution is -0.134. The molecule has 0 aromatic heterocycles. The van der Waals surface area contributed by atoms with Crippen LogP contribution >= 0.6 is 0 Å². The SMILES string of the molecule is CCCCCC(=O)Oc1cc(S(N)(=O)=O)c(O)c2ccccc12. The summed E-state index contributed by atoms with van der Waals surface area (Å²) in [5.41, 5.74) is 0. The molecule has 2 aromatic rings. The number of hydrogen-bond acceptors (Lipinski definition) is 5.